The van der Waals surface area contributed by atoms with Gasteiger partial charge in [-0.25, -0.2) is 0 Å². The average molecular weight is 380 g/mol. The zero-order valence-corrected chi connectivity index (χ0v) is 15.8. The number of hydrogen-bond acceptors (Lipinski definition) is 1. The molecule has 0 N–H and O–H groups in total. The van der Waals surface area contributed by atoms with Gasteiger partial charge in [-0.05, 0) is 0 Å². The van der Waals surface area contributed by atoms with Gasteiger partial charge in [0.05, 0.1) is 0 Å². The molecular weight excluding hydrogens is 359 g/mol. The maximum absolute atomic E-state index is 2.46. The zero-order chi connectivity index (χ0) is 16.5. The molecule has 2 heterocycles. The molecule has 24 heavy (non-hydrogen) atoms. The van der Waals surface area contributed by atoms with Gasteiger partial charge in [-0.2, -0.15) is 0 Å². The van der Waals surface area contributed by atoms with E-state index in [2.05, 4.69) is 90.2 Å². The number of para-hydroxylation sites is 2. The van der Waals surface area contributed by atoms with Crippen LogP contribution >= 0.6 is 0 Å². The molecule has 1 aromatic heterocycles. The van der Waals surface area contributed by atoms with Crippen LogP contribution in [-0.4, -0.2) is 21.5 Å². The van der Waals surface area contributed by atoms with Crippen LogP contribution in [-0.2, 0) is 6.54 Å². The molecule has 0 saturated heterocycles. The van der Waals surface area contributed by atoms with E-state index in [9.17, 15) is 0 Å². The van der Waals surface area contributed by atoms with Crippen LogP contribution in [0.2, 0.25) is 0 Å². The number of benzene rings is 2. The van der Waals surface area contributed by atoms with Crippen molar-refractivity contribution in [1.82, 2.24) is 0 Å². The molecule has 0 aliphatic carbocycles. The molecule has 0 saturated carbocycles. The first-order valence-electron chi connectivity index (χ1n) is 8.49. The average Bonchev–Trinajstić information content (AvgIpc) is 2.99. The number of rotatable bonds is 3. The second-order valence-electron chi connectivity index (χ2n) is 5.87. The van der Waals surface area contributed by atoms with Crippen molar-refractivity contribution >= 4 is 42.1 Å². The van der Waals surface area contributed by atoms with Crippen LogP contribution in [0.4, 0.5) is 5.69 Å². The Hall–Kier alpha value is -2.09. The van der Waals surface area contributed by atoms with E-state index in [0.717, 1.165) is 13.1 Å². The Kier molecular flexibility index (Phi) is 4.13. The number of pyridine rings is 1. The summed E-state index contributed by atoms with van der Waals surface area (Å²) in [4.78, 5) is 2.46. The molecule has 2 nitrogen and oxygen atoms in total. The summed E-state index contributed by atoms with van der Waals surface area (Å²) >= 11 is 0.379. The summed E-state index contributed by atoms with van der Waals surface area (Å²) in [6.07, 6.45) is 4.60. The third kappa shape index (κ3) is 2.54. The topological polar surface area (TPSA) is 7.12 Å². The van der Waals surface area contributed by atoms with E-state index in [1.807, 2.05) is 0 Å². The van der Waals surface area contributed by atoms with Gasteiger partial charge in [-0.3, -0.25) is 0 Å². The first-order chi connectivity index (χ1) is 11.8. The zero-order valence-electron chi connectivity index (χ0n) is 14.1. The van der Waals surface area contributed by atoms with Gasteiger partial charge in [0.15, 0.2) is 0 Å². The van der Waals surface area contributed by atoms with Crippen LogP contribution in [0.25, 0.3) is 17.0 Å². The summed E-state index contributed by atoms with van der Waals surface area (Å²) in [5.74, 6) is 0. The fourth-order valence-corrected chi connectivity index (χ4v) is 5.80. The Bertz CT molecular complexity index is 930. The molecule has 0 atom stereocenters. The molecule has 2 aromatic carbocycles. The van der Waals surface area contributed by atoms with Gasteiger partial charge in [0.1, 0.15) is 0 Å². The van der Waals surface area contributed by atoms with Crippen molar-refractivity contribution in [3.8, 4) is 0 Å². The number of hydrogen-bond donors (Lipinski definition) is 0. The second kappa shape index (κ2) is 6.43. The van der Waals surface area contributed by atoms with Crippen molar-refractivity contribution in [1.29, 1.82) is 0 Å². The van der Waals surface area contributed by atoms with Crippen LogP contribution in [0, 0.1) is 0 Å². The number of aromatic nitrogens is 1. The molecule has 0 radical (unpaired) electrons. The van der Waals surface area contributed by atoms with Crippen LogP contribution in [0.3, 0.4) is 0 Å². The Morgan fingerprint density at radius 1 is 1.00 bits per heavy atom. The van der Waals surface area contributed by atoms with Crippen LogP contribution in [0.1, 0.15) is 19.4 Å². The van der Waals surface area contributed by atoms with E-state index in [1.54, 1.807) is 0 Å². The van der Waals surface area contributed by atoms with Crippen LogP contribution in [0.5, 0.6) is 0 Å². The fourth-order valence-electron chi connectivity index (χ4n) is 3.33. The van der Waals surface area contributed by atoms with Gasteiger partial charge in [-0.1, -0.05) is 0 Å². The number of fused-ring (bicyclic) bond motifs is 2. The van der Waals surface area contributed by atoms with Crippen LogP contribution in [0.15, 0.2) is 65.4 Å². The number of aryl methyl sites for hydroxylation is 1. The molecule has 120 valence electrons. The first kappa shape index (κ1) is 15.4. The Morgan fingerprint density at radius 3 is 2.62 bits per heavy atom. The quantitative estimate of drug-likeness (QED) is 0.500. The minimum absolute atomic E-state index is 0.379. The summed E-state index contributed by atoms with van der Waals surface area (Å²) in [7, 11) is 0. The summed E-state index contributed by atoms with van der Waals surface area (Å²) in [5.41, 5.74) is 4.01. The van der Waals surface area contributed by atoms with Crippen molar-refractivity contribution in [2.45, 2.75) is 20.4 Å². The predicted molar refractivity (Wildman–Crippen MR) is 103 cm³/mol. The van der Waals surface area contributed by atoms with Crippen molar-refractivity contribution in [3.63, 3.8) is 0 Å². The fraction of sp³-hybridized carbons (Fsp3) is 0.190. The molecule has 0 fully saturated rings. The molecule has 0 amide bonds. The van der Waals surface area contributed by atoms with Crippen LogP contribution < -0.4 is 13.9 Å². The number of nitrogens with zero attached hydrogens (tertiary/aromatic N) is 2. The first-order valence-corrected chi connectivity index (χ1v) is 10.2. The monoisotopic (exact) mass is 381 g/mol. The molecular formula is C21H21N2Se+. The van der Waals surface area contributed by atoms with E-state index < -0.39 is 0 Å². The van der Waals surface area contributed by atoms with E-state index in [1.165, 1.54) is 31.2 Å². The molecule has 3 aromatic rings. The SMILES string of the molecule is CCN1/C(=C/c2cc[n+](CC)c3ccccc23)[Se]c2ccccc21. The second-order valence-corrected chi connectivity index (χ2v) is 8.10. The maximum atomic E-state index is 2.46. The molecule has 0 bridgehead atoms. The predicted octanol–water partition coefficient (Wildman–Crippen LogP) is 3.32. The van der Waals surface area contributed by atoms with Gasteiger partial charge in [0.25, 0.3) is 0 Å². The molecule has 1 aliphatic heterocycles. The van der Waals surface area contributed by atoms with E-state index in [4.69, 9.17) is 0 Å². The van der Waals surface area contributed by atoms with Gasteiger partial charge in [0.2, 0.25) is 0 Å². The van der Waals surface area contributed by atoms with Gasteiger partial charge in [-0.15, -0.1) is 0 Å². The van der Waals surface area contributed by atoms with E-state index in [-0.39, 0.29) is 0 Å². The van der Waals surface area contributed by atoms with Crippen molar-refractivity contribution in [3.05, 3.63) is 71.0 Å². The summed E-state index contributed by atoms with van der Waals surface area (Å²) in [5, 5.41) is 1.33. The third-order valence-corrected chi connectivity index (χ3v) is 6.87. The Labute approximate surface area is 149 Å². The standard InChI is InChI=1S/C21H21N2Se/c1-3-22-14-13-16(17-9-5-6-10-18(17)22)15-21-23(4-2)19-11-7-8-12-20(19)24-21/h5-15H,3-4H2,1-2H3/q+1. The summed E-state index contributed by atoms with van der Waals surface area (Å²) < 4.78 is 5.25. The molecule has 4 rings (SSSR count). The molecule has 0 spiro atoms. The van der Waals surface area contributed by atoms with E-state index in [0.29, 0.717) is 15.0 Å². The Morgan fingerprint density at radius 2 is 1.79 bits per heavy atom. The van der Waals surface area contributed by atoms with Crippen molar-refractivity contribution < 1.29 is 4.57 Å². The van der Waals surface area contributed by atoms with Gasteiger partial charge in [0, 0.05) is 0 Å². The summed E-state index contributed by atoms with van der Waals surface area (Å²) in [6, 6.07) is 19.8. The van der Waals surface area contributed by atoms with Crippen molar-refractivity contribution in [2.75, 3.05) is 11.4 Å². The van der Waals surface area contributed by atoms with Gasteiger partial charge >= 0.3 is 149 Å². The minimum atomic E-state index is 0.379. The van der Waals surface area contributed by atoms with Crippen molar-refractivity contribution in [2.24, 2.45) is 0 Å². The molecule has 1 aliphatic rings. The summed E-state index contributed by atoms with van der Waals surface area (Å²) in [6.45, 7) is 6.44. The van der Waals surface area contributed by atoms with Gasteiger partial charge < -0.3 is 0 Å². The molecule has 0 unspecified atom stereocenters. The molecule has 3 heteroatoms. The Balaban J connectivity index is 1.84. The normalized spacial score (nSPS) is 15.2. The third-order valence-electron chi connectivity index (χ3n) is 4.53. The van der Waals surface area contributed by atoms with E-state index >= 15 is 0 Å². The number of anilines is 1.